The zero-order valence-electron chi connectivity index (χ0n) is 7.25. The molecule has 0 spiro atoms. The molecule has 1 amide bonds. The predicted octanol–water partition coefficient (Wildman–Crippen LogP) is 1.39. The summed E-state index contributed by atoms with van der Waals surface area (Å²) in [4.78, 5) is 15.0. The largest absolute Gasteiger partial charge is 0.285 e. The molecule has 1 aliphatic heterocycles. The predicted molar refractivity (Wildman–Crippen MR) is 54.4 cm³/mol. The first-order valence-electron chi connectivity index (χ1n) is 4.12. The van der Waals surface area contributed by atoms with Crippen LogP contribution in [0.3, 0.4) is 0 Å². The Balaban J connectivity index is 2.17. The van der Waals surface area contributed by atoms with E-state index in [4.69, 9.17) is 11.6 Å². The van der Waals surface area contributed by atoms with Crippen molar-refractivity contribution in [3.63, 3.8) is 0 Å². The third-order valence-electron chi connectivity index (χ3n) is 1.76. The zero-order valence-corrected chi connectivity index (χ0v) is 8.01. The normalized spacial score (nSPS) is 18.1. The van der Waals surface area contributed by atoms with Gasteiger partial charge in [-0.2, -0.15) is 0 Å². The van der Waals surface area contributed by atoms with E-state index in [-0.39, 0.29) is 5.91 Å². The van der Waals surface area contributed by atoms with Crippen LogP contribution in [0.15, 0.2) is 29.3 Å². The van der Waals surface area contributed by atoms with Crippen LogP contribution in [-0.4, -0.2) is 11.7 Å². The van der Waals surface area contributed by atoms with Crippen LogP contribution in [0.2, 0.25) is 5.02 Å². The summed E-state index contributed by atoms with van der Waals surface area (Å²) in [5.41, 5.74) is 5.91. The SMILES string of the molecule is O=C1CC(=Nc2ccc(Cl)cc2)NN1. The van der Waals surface area contributed by atoms with E-state index in [1.54, 1.807) is 24.3 Å². The summed E-state index contributed by atoms with van der Waals surface area (Å²) in [6.45, 7) is 0. The summed E-state index contributed by atoms with van der Waals surface area (Å²) in [6, 6.07) is 7.09. The number of halogens is 1. The number of carbonyl (C=O) groups excluding carboxylic acids is 1. The Bertz CT molecular complexity index is 386. The Kier molecular flexibility index (Phi) is 2.37. The number of carbonyl (C=O) groups is 1. The molecule has 0 bridgehead atoms. The van der Waals surface area contributed by atoms with E-state index in [9.17, 15) is 4.79 Å². The fourth-order valence-electron chi connectivity index (χ4n) is 1.12. The maximum Gasteiger partial charge on any atom is 0.245 e. The zero-order chi connectivity index (χ0) is 9.97. The number of hydrazine groups is 1. The number of rotatable bonds is 1. The van der Waals surface area contributed by atoms with Crippen molar-refractivity contribution in [3.8, 4) is 0 Å². The minimum Gasteiger partial charge on any atom is -0.285 e. The highest BCUT2D eigenvalue weighted by atomic mass is 35.5. The molecule has 4 nitrogen and oxygen atoms in total. The highest BCUT2D eigenvalue weighted by Gasteiger charge is 2.14. The molecule has 0 aromatic heterocycles. The summed E-state index contributed by atoms with van der Waals surface area (Å²) < 4.78 is 0. The molecule has 0 atom stereocenters. The molecule has 0 aliphatic carbocycles. The van der Waals surface area contributed by atoms with Crippen molar-refractivity contribution in [1.82, 2.24) is 10.9 Å². The number of amidine groups is 1. The molecule has 14 heavy (non-hydrogen) atoms. The van der Waals surface area contributed by atoms with E-state index in [1.807, 2.05) is 0 Å². The summed E-state index contributed by atoms with van der Waals surface area (Å²) in [5.74, 6) is 0.551. The molecule has 5 heteroatoms. The topological polar surface area (TPSA) is 53.5 Å². The highest BCUT2D eigenvalue weighted by Crippen LogP contribution is 2.16. The Labute approximate surface area is 86.0 Å². The summed E-state index contributed by atoms with van der Waals surface area (Å²) in [7, 11) is 0. The monoisotopic (exact) mass is 209 g/mol. The van der Waals surface area contributed by atoms with E-state index < -0.39 is 0 Å². The van der Waals surface area contributed by atoms with Gasteiger partial charge in [0.25, 0.3) is 0 Å². The van der Waals surface area contributed by atoms with Crippen molar-refractivity contribution in [1.29, 1.82) is 0 Å². The third-order valence-corrected chi connectivity index (χ3v) is 2.02. The quantitative estimate of drug-likeness (QED) is 0.735. The fourth-order valence-corrected chi connectivity index (χ4v) is 1.25. The number of hydrogen-bond acceptors (Lipinski definition) is 2. The van der Waals surface area contributed by atoms with Gasteiger partial charge in [0.2, 0.25) is 5.91 Å². The molecule has 1 fully saturated rings. The number of nitrogens with one attached hydrogen (secondary N) is 2. The standard InChI is InChI=1S/C9H8ClN3O/c10-6-1-3-7(4-2-6)11-8-5-9(14)13-12-8/h1-4H,5H2,(H,11,12)(H,13,14). The van der Waals surface area contributed by atoms with Gasteiger partial charge >= 0.3 is 0 Å². The minimum atomic E-state index is -0.0716. The van der Waals surface area contributed by atoms with Crippen LogP contribution in [0, 0.1) is 0 Å². The van der Waals surface area contributed by atoms with Crippen molar-refractivity contribution in [2.24, 2.45) is 4.99 Å². The summed E-state index contributed by atoms with van der Waals surface area (Å²) >= 11 is 5.72. The third kappa shape index (κ3) is 2.03. The van der Waals surface area contributed by atoms with Gasteiger partial charge in [0, 0.05) is 5.02 Å². The minimum absolute atomic E-state index is 0.0716. The van der Waals surface area contributed by atoms with Crippen LogP contribution in [0.4, 0.5) is 5.69 Å². The smallest absolute Gasteiger partial charge is 0.245 e. The Morgan fingerprint density at radius 2 is 1.93 bits per heavy atom. The van der Waals surface area contributed by atoms with Crippen molar-refractivity contribution in [3.05, 3.63) is 29.3 Å². The number of benzene rings is 1. The molecule has 2 rings (SSSR count). The van der Waals surface area contributed by atoms with Crippen molar-refractivity contribution >= 4 is 29.0 Å². The van der Waals surface area contributed by atoms with E-state index in [1.165, 1.54) is 0 Å². The maximum atomic E-state index is 10.8. The molecule has 1 heterocycles. The van der Waals surface area contributed by atoms with E-state index in [0.717, 1.165) is 5.69 Å². The fraction of sp³-hybridized carbons (Fsp3) is 0.111. The first-order valence-corrected chi connectivity index (χ1v) is 4.50. The Morgan fingerprint density at radius 1 is 1.21 bits per heavy atom. The van der Waals surface area contributed by atoms with E-state index in [0.29, 0.717) is 17.3 Å². The van der Waals surface area contributed by atoms with Gasteiger partial charge in [-0.1, -0.05) is 11.6 Å². The van der Waals surface area contributed by atoms with Crippen LogP contribution < -0.4 is 10.9 Å². The number of nitrogens with zero attached hydrogens (tertiary/aromatic N) is 1. The molecular weight excluding hydrogens is 202 g/mol. The molecule has 1 aromatic carbocycles. The van der Waals surface area contributed by atoms with Gasteiger partial charge in [-0.15, -0.1) is 0 Å². The van der Waals surface area contributed by atoms with Crippen LogP contribution in [0.5, 0.6) is 0 Å². The van der Waals surface area contributed by atoms with Crippen LogP contribution in [-0.2, 0) is 4.79 Å². The first-order chi connectivity index (χ1) is 6.74. The van der Waals surface area contributed by atoms with Crippen LogP contribution in [0.1, 0.15) is 6.42 Å². The average Bonchev–Trinajstić information content (AvgIpc) is 2.56. The lowest BCUT2D eigenvalue weighted by molar-refractivity contribution is -0.119. The Morgan fingerprint density at radius 3 is 2.50 bits per heavy atom. The molecule has 0 saturated carbocycles. The lowest BCUT2D eigenvalue weighted by atomic mass is 10.3. The molecule has 2 N–H and O–H groups in total. The van der Waals surface area contributed by atoms with Crippen molar-refractivity contribution < 1.29 is 4.79 Å². The van der Waals surface area contributed by atoms with Gasteiger partial charge < -0.3 is 0 Å². The second-order valence-corrected chi connectivity index (χ2v) is 3.32. The van der Waals surface area contributed by atoms with Gasteiger partial charge in [-0.3, -0.25) is 15.6 Å². The van der Waals surface area contributed by atoms with Crippen LogP contribution in [0.25, 0.3) is 0 Å². The number of amides is 1. The van der Waals surface area contributed by atoms with Crippen molar-refractivity contribution in [2.75, 3.05) is 0 Å². The highest BCUT2D eigenvalue weighted by molar-refractivity contribution is 6.30. The second kappa shape index (κ2) is 3.67. The van der Waals surface area contributed by atoms with Crippen LogP contribution >= 0.6 is 11.6 Å². The lowest BCUT2D eigenvalue weighted by Gasteiger charge is -1.97. The molecule has 1 aromatic rings. The average molecular weight is 210 g/mol. The molecule has 1 saturated heterocycles. The van der Waals surface area contributed by atoms with Crippen molar-refractivity contribution in [2.45, 2.75) is 6.42 Å². The number of aliphatic imine (C=N–C) groups is 1. The molecule has 0 radical (unpaired) electrons. The summed E-state index contributed by atoms with van der Waals surface area (Å²) in [5, 5.41) is 0.669. The van der Waals surface area contributed by atoms with Gasteiger partial charge in [0.05, 0.1) is 12.1 Å². The van der Waals surface area contributed by atoms with E-state index >= 15 is 0 Å². The Hall–Kier alpha value is -1.55. The first kappa shape index (κ1) is 9.02. The molecule has 0 unspecified atom stereocenters. The molecule has 72 valence electrons. The second-order valence-electron chi connectivity index (χ2n) is 2.88. The lowest BCUT2D eigenvalue weighted by Crippen LogP contribution is -2.28. The van der Waals surface area contributed by atoms with Gasteiger partial charge in [0.1, 0.15) is 5.84 Å². The van der Waals surface area contributed by atoms with Gasteiger partial charge in [-0.25, -0.2) is 4.99 Å². The molecular formula is C9H8ClN3O. The van der Waals surface area contributed by atoms with E-state index in [2.05, 4.69) is 15.8 Å². The summed E-state index contributed by atoms with van der Waals surface area (Å²) in [6.07, 6.45) is 0.294. The molecule has 1 aliphatic rings. The van der Waals surface area contributed by atoms with Gasteiger partial charge in [-0.05, 0) is 24.3 Å². The van der Waals surface area contributed by atoms with Gasteiger partial charge in [0.15, 0.2) is 0 Å². The maximum absolute atomic E-state index is 10.8. The number of hydrogen-bond donors (Lipinski definition) is 2.